The topological polar surface area (TPSA) is 56.8 Å². The highest BCUT2D eigenvalue weighted by molar-refractivity contribution is 7.80. The van der Waals surface area contributed by atoms with Gasteiger partial charge in [-0.15, -0.1) is 0 Å². The first kappa shape index (κ1) is 14.0. The lowest BCUT2D eigenvalue weighted by Crippen LogP contribution is -2.36. The molecule has 0 aliphatic carbocycles. The Kier molecular flexibility index (Phi) is 5.38. The summed E-state index contributed by atoms with van der Waals surface area (Å²) in [4.78, 5) is 2.30. The van der Waals surface area contributed by atoms with Crippen molar-refractivity contribution in [2.75, 3.05) is 49.7 Å². The van der Waals surface area contributed by atoms with Crippen LogP contribution in [-0.4, -0.2) is 49.7 Å². The molecule has 0 radical (unpaired) electrons. The van der Waals surface area contributed by atoms with Crippen LogP contribution in [0.25, 0.3) is 0 Å². The van der Waals surface area contributed by atoms with E-state index in [2.05, 4.69) is 27.7 Å². The molecule has 1 aromatic carbocycles. The minimum Gasteiger partial charge on any atom is -0.395 e. The third-order valence-corrected chi connectivity index (χ3v) is 3.15. The van der Waals surface area contributed by atoms with E-state index < -0.39 is 0 Å². The molecule has 0 atom stereocenters. The molecular formula is C13H19N3O2S. The van der Waals surface area contributed by atoms with Crippen molar-refractivity contribution in [3.63, 3.8) is 0 Å². The molecule has 0 unspecified atom stereocenters. The summed E-state index contributed by atoms with van der Waals surface area (Å²) in [6.07, 6.45) is 0. The Balaban J connectivity index is 1.88. The number of nitrogens with one attached hydrogen (secondary N) is 2. The molecule has 19 heavy (non-hydrogen) atoms. The highest BCUT2D eigenvalue weighted by Gasteiger charge is 2.10. The third-order valence-electron chi connectivity index (χ3n) is 2.90. The first-order chi connectivity index (χ1) is 9.29. The van der Waals surface area contributed by atoms with Crippen molar-refractivity contribution in [3.8, 4) is 0 Å². The Labute approximate surface area is 118 Å². The van der Waals surface area contributed by atoms with Crippen molar-refractivity contribution in [3.05, 3.63) is 24.3 Å². The van der Waals surface area contributed by atoms with E-state index >= 15 is 0 Å². The summed E-state index contributed by atoms with van der Waals surface area (Å²) in [6, 6.07) is 8.14. The highest BCUT2D eigenvalue weighted by atomic mass is 32.1. The van der Waals surface area contributed by atoms with Gasteiger partial charge < -0.3 is 25.4 Å². The molecule has 104 valence electrons. The Hall–Kier alpha value is -1.37. The molecule has 1 aromatic rings. The first-order valence-electron chi connectivity index (χ1n) is 6.38. The van der Waals surface area contributed by atoms with Crippen molar-refractivity contribution in [2.45, 2.75) is 0 Å². The van der Waals surface area contributed by atoms with E-state index in [0.717, 1.165) is 32.0 Å². The number of aliphatic hydroxyl groups is 1. The monoisotopic (exact) mass is 281 g/mol. The molecule has 1 heterocycles. The fraction of sp³-hybridized carbons (Fsp3) is 0.462. The molecule has 3 N–H and O–H groups in total. The number of rotatable bonds is 4. The second-order valence-electron chi connectivity index (χ2n) is 4.25. The van der Waals surface area contributed by atoms with Gasteiger partial charge in [0.05, 0.1) is 19.8 Å². The summed E-state index contributed by atoms with van der Waals surface area (Å²) in [5.74, 6) is 0. The summed E-state index contributed by atoms with van der Waals surface area (Å²) >= 11 is 5.10. The molecular weight excluding hydrogens is 262 g/mol. The molecule has 0 aromatic heterocycles. The van der Waals surface area contributed by atoms with Crippen molar-refractivity contribution >= 4 is 28.7 Å². The Morgan fingerprint density at radius 2 is 1.95 bits per heavy atom. The Morgan fingerprint density at radius 3 is 2.58 bits per heavy atom. The van der Waals surface area contributed by atoms with Crippen molar-refractivity contribution in [2.24, 2.45) is 0 Å². The molecule has 6 heteroatoms. The van der Waals surface area contributed by atoms with Gasteiger partial charge in [0.15, 0.2) is 5.11 Å². The van der Waals surface area contributed by atoms with Crippen molar-refractivity contribution < 1.29 is 9.84 Å². The molecule has 0 amide bonds. The predicted octanol–water partition coefficient (Wildman–Crippen LogP) is 0.802. The average Bonchev–Trinajstić information content (AvgIpc) is 2.47. The van der Waals surface area contributed by atoms with Crippen LogP contribution in [-0.2, 0) is 4.74 Å². The second kappa shape index (κ2) is 7.28. The van der Waals surface area contributed by atoms with Crippen molar-refractivity contribution in [1.82, 2.24) is 5.32 Å². The second-order valence-corrected chi connectivity index (χ2v) is 4.66. The summed E-state index contributed by atoms with van der Waals surface area (Å²) in [6.45, 7) is 3.96. The van der Waals surface area contributed by atoms with Crippen LogP contribution in [0.4, 0.5) is 11.4 Å². The van der Waals surface area contributed by atoms with Crippen LogP contribution in [0.3, 0.4) is 0 Å². The average molecular weight is 281 g/mol. The molecule has 1 fully saturated rings. The van der Waals surface area contributed by atoms with Gasteiger partial charge in [0, 0.05) is 31.0 Å². The molecule has 5 nitrogen and oxygen atoms in total. The maximum absolute atomic E-state index is 8.70. The number of benzene rings is 1. The third kappa shape index (κ3) is 4.34. The van der Waals surface area contributed by atoms with Gasteiger partial charge in [-0.25, -0.2) is 0 Å². The number of morpholine rings is 1. The van der Waals surface area contributed by atoms with Crippen molar-refractivity contribution in [1.29, 1.82) is 0 Å². The Bertz CT molecular complexity index is 405. The molecule has 0 bridgehead atoms. The largest absolute Gasteiger partial charge is 0.395 e. The fourth-order valence-electron chi connectivity index (χ4n) is 1.92. The van der Waals surface area contributed by atoms with Crippen LogP contribution in [0.5, 0.6) is 0 Å². The molecule has 0 saturated carbocycles. The molecule has 1 aliphatic rings. The van der Waals surface area contributed by atoms with Gasteiger partial charge in [-0.05, 0) is 36.5 Å². The number of hydrogen-bond donors (Lipinski definition) is 3. The maximum atomic E-state index is 8.70. The first-order valence-corrected chi connectivity index (χ1v) is 6.79. The number of aliphatic hydroxyl groups excluding tert-OH is 1. The van der Waals surface area contributed by atoms with Gasteiger partial charge in [0.25, 0.3) is 0 Å². The zero-order chi connectivity index (χ0) is 13.5. The minimum absolute atomic E-state index is 0.0673. The minimum atomic E-state index is 0.0673. The lowest BCUT2D eigenvalue weighted by atomic mass is 10.2. The maximum Gasteiger partial charge on any atom is 0.170 e. The van der Waals surface area contributed by atoms with Crippen LogP contribution in [0, 0.1) is 0 Å². The number of thiocarbonyl (C=S) groups is 1. The molecule has 0 spiro atoms. The number of hydrogen-bond acceptors (Lipinski definition) is 4. The van der Waals surface area contributed by atoms with Gasteiger partial charge in [-0.1, -0.05) is 0 Å². The summed E-state index contributed by atoms with van der Waals surface area (Å²) in [5.41, 5.74) is 2.13. The number of nitrogens with zero attached hydrogens (tertiary/aromatic N) is 1. The summed E-state index contributed by atoms with van der Waals surface area (Å²) < 4.78 is 5.34. The van der Waals surface area contributed by atoms with E-state index in [1.807, 2.05) is 12.1 Å². The molecule has 1 aliphatic heterocycles. The van der Waals surface area contributed by atoms with Crippen LogP contribution >= 0.6 is 12.2 Å². The van der Waals surface area contributed by atoms with Crippen LogP contribution in [0.1, 0.15) is 0 Å². The van der Waals surface area contributed by atoms with Gasteiger partial charge >= 0.3 is 0 Å². The lowest BCUT2D eigenvalue weighted by Gasteiger charge is -2.28. The van der Waals surface area contributed by atoms with Gasteiger partial charge in [-0.3, -0.25) is 0 Å². The quantitative estimate of drug-likeness (QED) is 0.710. The predicted molar refractivity (Wildman–Crippen MR) is 80.8 cm³/mol. The molecule has 2 rings (SSSR count). The normalized spacial score (nSPS) is 15.1. The van der Waals surface area contributed by atoms with E-state index in [1.54, 1.807) is 0 Å². The SMILES string of the molecule is OCCNC(=S)Nc1ccc(N2CCOCC2)cc1. The van der Waals surface area contributed by atoms with Crippen LogP contribution < -0.4 is 15.5 Å². The standard InChI is InChI=1S/C13H19N3O2S/c17-8-5-14-13(19)15-11-1-3-12(4-2-11)16-6-9-18-10-7-16/h1-4,17H,5-10H2,(H2,14,15,19). The van der Waals surface area contributed by atoms with E-state index in [-0.39, 0.29) is 6.61 Å². The highest BCUT2D eigenvalue weighted by Crippen LogP contribution is 2.18. The van der Waals surface area contributed by atoms with E-state index in [1.165, 1.54) is 5.69 Å². The molecule has 1 saturated heterocycles. The summed E-state index contributed by atoms with van der Waals surface area (Å²) in [7, 11) is 0. The Morgan fingerprint density at radius 1 is 1.26 bits per heavy atom. The van der Waals surface area contributed by atoms with Gasteiger partial charge in [0.2, 0.25) is 0 Å². The number of ether oxygens (including phenoxy) is 1. The van der Waals surface area contributed by atoms with Gasteiger partial charge in [-0.2, -0.15) is 0 Å². The zero-order valence-electron chi connectivity index (χ0n) is 10.8. The van der Waals surface area contributed by atoms with Crippen LogP contribution in [0.15, 0.2) is 24.3 Å². The number of anilines is 2. The van der Waals surface area contributed by atoms with E-state index in [0.29, 0.717) is 11.7 Å². The van der Waals surface area contributed by atoms with E-state index in [4.69, 9.17) is 22.1 Å². The summed E-state index contributed by atoms with van der Waals surface area (Å²) in [5, 5.41) is 15.2. The van der Waals surface area contributed by atoms with Gasteiger partial charge in [0.1, 0.15) is 0 Å². The fourth-order valence-corrected chi connectivity index (χ4v) is 2.14. The van der Waals surface area contributed by atoms with Crippen LogP contribution in [0.2, 0.25) is 0 Å². The lowest BCUT2D eigenvalue weighted by molar-refractivity contribution is 0.122. The zero-order valence-corrected chi connectivity index (χ0v) is 11.6. The van der Waals surface area contributed by atoms with E-state index in [9.17, 15) is 0 Å². The smallest absolute Gasteiger partial charge is 0.170 e.